The Kier molecular flexibility index (Phi) is 5.70. The molecule has 0 aliphatic heterocycles. The quantitative estimate of drug-likeness (QED) is 0.451. The molecule has 1 fully saturated rings. The van der Waals surface area contributed by atoms with Gasteiger partial charge in [0.05, 0.1) is 21.8 Å². The second-order valence-electron chi connectivity index (χ2n) is 8.74. The number of para-hydroxylation sites is 1. The molecule has 1 unspecified atom stereocenters. The van der Waals surface area contributed by atoms with Gasteiger partial charge >= 0.3 is 0 Å². The summed E-state index contributed by atoms with van der Waals surface area (Å²) in [5.74, 6) is 0.453. The van der Waals surface area contributed by atoms with Crippen LogP contribution in [0.1, 0.15) is 43.7 Å². The van der Waals surface area contributed by atoms with Crippen LogP contribution in [-0.2, 0) is 4.79 Å². The highest BCUT2D eigenvalue weighted by Crippen LogP contribution is 2.28. The smallest absolute Gasteiger partial charge is 0.267 e. The first-order valence-corrected chi connectivity index (χ1v) is 12.3. The topological polar surface area (TPSA) is 81.3 Å². The van der Waals surface area contributed by atoms with Crippen LogP contribution in [0.5, 0.6) is 0 Å². The Morgan fingerprint density at radius 2 is 1.85 bits per heavy atom. The van der Waals surface area contributed by atoms with E-state index >= 15 is 0 Å². The molecule has 2 heterocycles. The van der Waals surface area contributed by atoms with Crippen LogP contribution in [0.25, 0.3) is 22.4 Å². The van der Waals surface area contributed by atoms with Crippen LogP contribution in [0.15, 0.2) is 52.4 Å². The highest BCUT2D eigenvalue weighted by molar-refractivity contribution is 8.00. The number of thioether (sulfide) groups is 1. The predicted molar refractivity (Wildman–Crippen MR) is 131 cm³/mol. The predicted octanol–water partition coefficient (Wildman–Crippen LogP) is 4.19. The van der Waals surface area contributed by atoms with E-state index in [1.807, 2.05) is 67.6 Å². The van der Waals surface area contributed by atoms with E-state index in [2.05, 4.69) is 15.5 Å². The molecule has 1 atom stereocenters. The van der Waals surface area contributed by atoms with Crippen LogP contribution in [-0.4, -0.2) is 36.4 Å². The molecule has 1 amide bonds. The minimum absolute atomic E-state index is 0.0100. The summed E-state index contributed by atoms with van der Waals surface area (Å²) in [4.78, 5) is 26.4. The molecule has 1 aliphatic rings. The molecule has 33 heavy (non-hydrogen) atoms. The molecule has 2 aromatic heterocycles. The number of fused-ring (bicyclic) bond motifs is 3. The number of benzene rings is 2. The summed E-state index contributed by atoms with van der Waals surface area (Å²) < 4.78 is 3.52. The molecule has 170 valence electrons. The molecular formula is C25H27N5O2S. The summed E-state index contributed by atoms with van der Waals surface area (Å²) in [6, 6.07) is 13.6. The van der Waals surface area contributed by atoms with Crippen LogP contribution < -0.4 is 10.9 Å². The lowest BCUT2D eigenvalue weighted by Gasteiger charge is -2.17. The van der Waals surface area contributed by atoms with Crippen LogP contribution in [0.2, 0.25) is 0 Å². The van der Waals surface area contributed by atoms with E-state index in [0.29, 0.717) is 16.3 Å². The SMILES string of the molecule is Cc1cccc(-n2c(=O)c3ccccc3n3c(SC(C)C(=O)NC4CCCC4)nnc23)c1C. The monoisotopic (exact) mass is 461 g/mol. The number of hydrogen-bond donors (Lipinski definition) is 1. The van der Waals surface area contributed by atoms with Gasteiger partial charge in [-0.2, -0.15) is 0 Å². The van der Waals surface area contributed by atoms with Gasteiger partial charge in [-0.3, -0.25) is 14.0 Å². The molecule has 8 heteroatoms. The van der Waals surface area contributed by atoms with Gasteiger partial charge in [0.1, 0.15) is 0 Å². The molecule has 7 nitrogen and oxygen atoms in total. The minimum atomic E-state index is -0.335. The minimum Gasteiger partial charge on any atom is -0.352 e. The number of carbonyl (C=O) groups excluding carboxylic acids is 1. The van der Waals surface area contributed by atoms with Crippen molar-refractivity contribution in [3.63, 3.8) is 0 Å². The van der Waals surface area contributed by atoms with Crippen LogP contribution >= 0.6 is 11.8 Å². The maximum Gasteiger partial charge on any atom is 0.267 e. The number of aromatic nitrogens is 4. The van der Waals surface area contributed by atoms with Crippen LogP contribution in [0.3, 0.4) is 0 Å². The standard InChI is InChI=1S/C25H27N5O2S/c1-15-9-8-14-20(16(15)2)29-23(32)19-12-6-7-13-21(19)30-24(29)27-28-25(30)33-17(3)22(31)26-18-10-4-5-11-18/h6-9,12-14,17-18H,4-5,10-11H2,1-3H3,(H,26,31). The molecule has 0 bridgehead atoms. The van der Waals surface area contributed by atoms with Gasteiger partial charge in [0, 0.05) is 6.04 Å². The molecule has 4 aromatic rings. The first-order chi connectivity index (χ1) is 16.0. The van der Waals surface area contributed by atoms with E-state index < -0.39 is 0 Å². The van der Waals surface area contributed by atoms with Crippen molar-refractivity contribution in [1.82, 2.24) is 24.5 Å². The zero-order valence-electron chi connectivity index (χ0n) is 19.0. The molecule has 2 aromatic carbocycles. The van der Waals surface area contributed by atoms with Gasteiger partial charge in [-0.1, -0.05) is 48.9 Å². The summed E-state index contributed by atoms with van der Waals surface area (Å²) in [5.41, 5.74) is 3.49. The van der Waals surface area contributed by atoms with Gasteiger partial charge in [-0.15, -0.1) is 10.2 Å². The summed E-state index contributed by atoms with van der Waals surface area (Å²) in [7, 11) is 0. The Morgan fingerprint density at radius 1 is 1.09 bits per heavy atom. The normalized spacial score (nSPS) is 15.4. The molecule has 1 N–H and O–H groups in total. The van der Waals surface area contributed by atoms with Crippen molar-refractivity contribution < 1.29 is 4.79 Å². The maximum absolute atomic E-state index is 13.6. The third kappa shape index (κ3) is 3.82. The van der Waals surface area contributed by atoms with Gasteiger partial charge in [-0.05, 0) is 62.9 Å². The summed E-state index contributed by atoms with van der Waals surface area (Å²) in [6.45, 7) is 5.92. The third-order valence-electron chi connectivity index (χ3n) is 6.56. The highest BCUT2D eigenvalue weighted by Gasteiger charge is 2.25. The van der Waals surface area contributed by atoms with Crippen molar-refractivity contribution in [3.8, 4) is 5.69 Å². The second kappa shape index (κ2) is 8.67. The van der Waals surface area contributed by atoms with E-state index in [0.717, 1.165) is 35.2 Å². The molecule has 0 radical (unpaired) electrons. The van der Waals surface area contributed by atoms with E-state index in [1.165, 1.54) is 24.6 Å². The zero-order valence-corrected chi connectivity index (χ0v) is 19.9. The Bertz CT molecular complexity index is 1420. The molecule has 0 saturated heterocycles. The summed E-state index contributed by atoms with van der Waals surface area (Å²) in [6.07, 6.45) is 4.43. The number of aryl methyl sites for hydroxylation is 1. The Hall–Kier alpha value is -3.13. The summed E-state index contributed by atoms with van der Waals surface area (Å²) in [5, 5.41) is 12.8. The van der Waals surface area contributed by atoms with Gasteiger partial charge < -0.3 is 5.32 Å². The Balaban J connectivity index is 1.63. The largest absolute Gasteiger partial charge is 0.352 e. The van der Waals surface area contributed by atoms with Crippen molar-refractivity contribution in [2.75, 3.05) is 0 Å². The number of nitrogens with zero attached hydrogens (tertiary/aromatic N) is 4. The van der Waals surface area contributed by atoms with Gasteiger partial charge in [0.2, 0.25) is 11.7 Å². The zero-order chi connectivity index (χ0) is 23.1. The molecular weight excluding hydrogens is 434 g/mol. The van der Waals surface area contributed by atoms with Gasteiger partial charge in [0.25, 0.3) is 5.56 Å². The number of amides is 1. The Morgan fingerprint density at radius 3 is 2.64 bits per heavy atom. The van der Waals surface area contributed by atoms with Crippen LogP contribution in [0, 0.1) is 13.8 Å². The molecule has 5 rings (SSSR count). The number of rotatable bonds is 5. The first kappa shape index (κ1) is 21.7. The molecule has 1 saturated carbocycles. The fraction of sp³-hybridized carbons (Fsp3) is 0.360. The van der Waals surface area contributed by atoms with Crippen molar-refractivity contribution in [1.29, 1.82) is 0 Å². The van der Waals surface area contributed by atoms with Gasteiger partial charge in [0.15, 0.2) is 5.16 Å². The van der Waals surface area contributed by atoms with Crippen LogP contribution in [0.4, 0.5) is 0 Å². The lowest BCUT2D eigenvalue weighted by molar-refractivity contribution is -0.120. The number of carbonyl (C=O) groups is 1. The van der Waals surface area contributed by atoms with Crippen molar-refractivity contribution >= 4 is 34.3 Å². The van der Waals surface area contributed by atoms with Crippen molar-refractivity contribution in [2.24, 2.45) is 0 Å². The lowest BCUT2D eigenvalue weighted by atomic mass is 10.1. The van der Waals surface area contributed by atoms with Gasteiger partial charge in [-0.25, -0.2) is 4.57 Å². The average molecular weight is 462 g/mol. The van der Waals surface area contributed by atoms with E-state index in [4.69, 9.17) is 0 Å². The summed E-state index contributed by atoms with van der Waals surface area (Å²) >= 11 is 1.37. The van der Waals surface area contributed by atoms with E-state index in [1.54, 1.807) is 4.57 Å². The van der Waals surface area contributed by atoms with E-state index in [-0.39, 0.29) is 22.8 Å². The fourth-order valence-corrected chi connectivity index (χ4v) is 5.41. The maximum atomic E-state index is 13.6. The number of hydrogen-bond acceptors (Lipinski definition) is 5. The van der Waals surface area contributed by atoms with E-state index in [9.17, 15) is 9.59 Å². The average Bonchev–Trinajstić information content (AvgIpc) is 3.47. The fourth-order valence-electron chi connectivity index (χ4n) is 4.55. The number of nitrogens with one attached hydrogen (secondary N) is 1. The highest BCUT2D eigenvalue weighted by atomic mass is 32.2. The van der Waals surface area contributed by atoms with Crippen molar-refractivity contribution in [2.45, 2.75) is 62.9 Å². The second-order valence-corrected chi connectivity index (χ2v) is 10.1. The van der Waals surface area contributed by atoms with Crippen molar-refractivity contribution in [3.05, 3.63) is 63.9 Å². The molecule has 0 spiro atoms. The third-order valence-corrected chi connectivity index (χ3v) is 7.61. The first-order valence-electron chi connectivity index (χ1n) is 11.4. The lowest BCUT2D eigenvalue weighted by Crippen LogP contribution is -2.37. The molecule has 1 aliphatic carbocycles. The Labute approximate surface area is 196 Å².